The highest BCUT2D eigenvalue weighted by Crippen LogP contribution is 2.22. The summed E-state index contributed by atoms with van der Waals surface area (Å²) in [4.78, 5) is 1.25. The smallest absolute Gasteiger partial charge is 0.127 e. The van der Waals surface area contributed by atoms with Gasteiger partial charge in [0, 0.05) is 21.2 Å². The van der Waals surface area contributed by atoms with Crippen LogP contribution in [0.5, 0.6) is 0 Å². The second kappa shape index (κ2) is 7.97. The van der Waals surface area contributed by atoms with E-state index in [-0.39, 0.29) is 11.9 Å². The maximum Gasteiger partial charge on any atom is 0.127 e. The van der Waals surface area contributed by atoms with Crippen LogP contribution >= 0.6 is 27.7 Å². The van der Waals surface area contributed by atoms with E-state index in [0.29, 0.717) is 6.42 Å². The number of nitrogens with one attached hydrogen (secondary N) is 1. The van der Waals surface area contributed by atoms with Gasteiger partial charge < -0.3 is 5.32 Å². The molecule has 0 saturated heterocycles. The van der Waals surface area contributed by atoms with Gasteiger partial charge in [-0.15, -0.1) is 11.8 Å². The Morgan fingerprint density at radius 3 is 2.52 bits per heavy atom. The highest BCUT2D eigenvalue weighted by molar-refractivity contribution is 9.10. The van der Waals surface area contributed by atoms with Crippen LogP contribution in [0.25, 0.3) is 0 Å². The first kappa shape index (κ1) is 16.5. The zero-order valence-electron chi connectivity index (χ0n) is 12.2. The van der Waals surface area contributed by atoms with Crippen molar-refractivity contribution in [1.29, 1.82) is 0 Å². The Morgan fingerprint density at radius 2 is 1.90 bits per heavy atom. The molecule has 2 aromatic carbocycles. The van der Waals surface area contributed by atoms with Crippen molar-refractivity contribution in [3.05, 3.63) is 63.9 Å². The van der Waals surface area contributed by atoms with Crippen LogP contribution in [0.15, 0.2) is 51.8 Å². The summed E-state index contributed by atoms with van der Waals surface area (Å²) in [6.45, 7) is 2.08. The molecule has 2 aromatic rings. The zero-order chi connectivity index (χ0) is 15.2. The van der Waals surface area contributed by atoms with Crippen LogP contribution in [0.1, 0.15) is 11.1 Å². The van der Waals surface area contributed by atoms with E-state index < -0.39 is 0 Å². The van der Waals surface area contributed by atoms with Gasteiger partial charge in [0.1, 0.15) is 5.82 Å². The molecule has 0 saturated carbocycles. The van der Waals surface area contributed by atoms with E-state index >= 15 is 0 Å². The number of hydrogen-bond donors (Lipinski definition) is 1. The number of benzene rings is 2. The van der Waals surface area contributed by atoms with Gasteiger partial charge in [-0.05, 0) is 50.2 Å². The normalized spacial score (nSPS) is 12.4. The third kappa shape index (κ3) is 5.13. The van der Waals surface area contributed by atoms with E-state index in [2.05, 4.69) is 52.4 Å². The second-order valence-electron chi connectivity index (χ2n) is 5.05. The lowest BCUT2D eigenvalue weighted by molar-refractivity contribution is 0.568. The first-order chi connectivity index (χ1) is 10.1. The highest BCUT2D eigenvalue weighted by Gasteiger charge is 2.11. The lowest BCUT2D eigenvalue weighted by Crippen LogP contribution is -2.30. The van der Waals surface area contributed by atoms with Crippen LogP contribution in [-0.4, -0.2) is 18.8 Å². The van der Waals surface area contributed by atoms with Gasteiger partial charge in [0.05, 0.1) is 0 Å². The van der Waals surface area contributed by atoms with Crippen LogP contribution in [0.4, 0.5) is 4.39 Å². The van der Waals surface area contributed by atoms with E-state index in [1.807, 2.05) is 19.2 Å². The first-order valence-electron chi connectivity index (χ1n) is 6.89. The molecule has 1 atom stereocenters. The Kier molecular flexibility index (Phi) is 6.27. The van der Waals surface area contributed by atoms with Gasteiger partial charge in [0.25, 0.3) is 0 Å². The first-order valence-corrected chi connectivity index (χ1v) is 8.67. The Morgan fingerprint density at radius 1 is 1.19 bits per heavy atom. The van der Waals surface area contributed by atoms with E-state index in [4.69, 9.17) is 0 Å². The SMILES string of the molecule is CNC(CSc1ccc(C)cc1)Cc1ccc(Br)cc1F. The molecule has 0 aliphatic carbocycles. The summed E-state index contributed by atoms with van der Waals surface area (Å²) in [5.41, 5.74) is 2.02. The van der Waals surface area contributed by atoms with Gasteiger partial charge >= 0.3 is 0 Å². The molecule has 0 amide bonds. The molecule has 1 unspecified atom stereocenters. The minimum absolute atomic E-state index is 0.148. The van der Waals surface area contributed by atoms with Gasteiger partial charge in [0.15, 0.2) is 0 Å². The molecular formula is C17H19BrFNS. The number of halogens is 2. The number of thioether (sulfide) groups is 1. The summed E-state index contributed by atoms with van der Waals surface area (Å²) in [5, 5.41) is 3.27. The second-order valence-corrected chi connectivity index (χ2v) is 7.06. The molecule has 1 N–H and O–H groups in total. The quantitative estimate of drug-likeness (QED) is 0.734. The minimum atomic E-state index is -0.148. The lowest BCUT2D eigenvalue weighted by atomic mass is 10.1. The molecule has 21 heavy (non-hydrogen) atoms. The van der Waals surface area contributed by atoms with Crippen LogP contribution in [0.2, 0.25) is 0 Å². The van der Waals surface area contributed by atoms with Crippen LogP contribution in [0, 0.1) is 12.7 Å². The zero-order valence-corrected chi connectivity index (χ0v) is 14.6. The van der Waals surface area contributed by atoms with Gasteiger partial charge in [-0.2, -0.15) is 0 Å². The third-order valence-electron chi connectivity index (χ3n) is 3.36. The molecule has 2 rings (SSSR count). The molecule has 0 bridgehead atoms. The minimum Gasteiger partial charge on any atom is -0.316 e. The van der Waals surface area contributed by atoms with Crippen molar-refractivity contribution in [1.82, 2.24) is 5.32 Å². The maximum atomic E-state index is 13.9. The van der Waals surface area contributed by atoms with Crippen molar-refractivity contribution in [3.8, 4) is 0 Å². The maximum absolute atomic E-state index is 13.9. The monoisotopic (exact) mass is 367 g/mol. The van der Waals surface area contributed by atoms with Crippen molar-refractivity contribution in [2.45, 2.75) is 24.3 Å². The van der Waals surface area contributed by atoms with Crippen molar-refractivity contribution < 1.29 is 4.39 Å². The number of aryl methyl sites for hydroxylation is 1. The summed E-state index contributed by atoms with van der Waals surface area (Å²) in [6.07, 6.45) is 0.689. The van der Waals surface area contributed by atoms with Crippen molar-refractivity contribution in [2.75, 3.05) is 12.8 Å². The summed E-state index contributed by atoms with van der Waals surface area (Å²) in [5.74, 6) is 0.764. The predicted octanol–water partition coefficient (Wildman–Crippen LogP) is 4.82. The van der Waals surface area contributed by atoms with E-state index in [9.17, 15) is 4.39 Å². The summed E-state index contributed by atoms with van der Waals surface area (Å²) in [7, 11) is 1.93. The standard InChI is InChI=1S/C17H19BrFNS/c1-12-3-7-16(8-4-12)21-11-15(20-2)9-13-5-6-14(18)10-17(13)19/h3-8,10,15,20H,9,11H2,1-2H3. The molecule has 0 fully saturated rings. The average molecular weight is 368 g/mol. The fourth-order valence-corrected chi connectivity index (χ4v) is 3.37. The molecule has 0 spiro atoms. The van der Waals surface area contributed by atoms with Gasteiger partial charge in [-0.1, -0.05) is 39.7 Å². The summed E-state index contributed by atoms with van der Waals surface area (Å²) < 4.78 is 14.7. The molecule has 1 nitrogen and oxygen atoms in total. The van der Waals surface area contributed by atoms with Crippen LogP contribution in [-0.2, 0) is 6.42 Å². The largest absolute Gasteiger partial charge is 0.316 e. The number of hydrogen-bond acceptors (Lipinski definition) is 2. The molecule has 4 heteroatoms. The molecular weight excluding hydrogens is 349 g/mol. The molecule has 0 heterocycles. The van der Waals surface area contributed by atoms with Crippen molar-refractivity contribution >= 4 is 27.7 Å². The Bertz CT molecular complexity index is 586. The van der Waals surface area contributed by atoms with Gasteiger partial charge in [-0.3, -0.25) is 0 Å². The fraction of sp³-hybridized carbons (Fsp3) is 0.294. The summed E-state index contributed by atoms with van der Waals surface area (Å²) >= 11 is 5.08. The van der Waals surface area contributed by atoms with Crippen molar-refractivity contribution in [2.24, 2.45) is 0 Å². The van der Waals surface area contributed by atoms with Crippen molar-refractivity contribution in [3.63, 3.8) is 0 Å². The van der Waals surface area contributed by atoms with E-state index in [0.717, 1.165) is 15.8 Å². The fourth-order valence-electron chi connectivity index (χ4n) is 2.03. The number of rotatable bonds is 6. The number of likely N-dealkylation sites (N-methyl/N-ethyl adjacent to an activating group) is 1. The molecule has 0 aliphatic heterocycles. The molecule has 0 aliphatic rings. The van der Waals surface area contributed by atoms with E-state index in [1.165, 1.54) is 16.5 Å². The van der Waals surface area contributed by atoms with Gasteiger partial charge in [-0.25, -0.2) is 4.39 Å². The van der Waals surface area contributed by atoms with Gasteiger partial charge in [0.2, 0.25) is 0 Å². The predicted molar refractivity (Wildman–Crippen MR) is 92.6 cm³/mol. The van der Waals surface area contributed by atoms with Crippen LogP contribution < -0.4 is 5.32 Å². The molecule has 112 valence electrons. The molecule has 0 radical (unpaired) electrons. The highest BCUT2D eigenvalue weighted by atomic mass is 79.9. The summed E-state index contributed by atoms with van der Waals surface area (Å²) in [6, 6.07) is 14.0. The van der Waals surface area contributed by atoms with Crippen LogP contribution in [0.3, 0.4) is 0 Å². The van der Waals surface area contributed by atoms with E-state index in [1.54, 1.807) is 11.8 Å². The average Bonchev–Trinajstić information content (AvgIpc) is 2.47. The Balaban J connectivity index is 1.95. The Labute approximate surface area is 138 Å². The Hall–Kier alpha value is -0.840. The lowest BCUT2D eigenvalue weighted by Gasteiger charge is -2.16. The third-order valence-corrected chi connectivity index (χ3v) is 5.03. The topological polar surface area (TPSA) is 12.0 Å². The molecule has 0 aromatic heterocycles.